The molecule has 0 aromatic carbocycles. The van der Waals surface area contributed by atoms with E-state index < -0.39 is 0 Å². The lowest BCUT2D eigenvalue weighted by atomic mass is 10.3. The fraction of sp³-hybridized carbons (Fsp3) is 0.778. The van der Waals surface area contributed by atoms with Crippen molar-refractivity contribution in [2.45, 2.75) is 33.1 Å². The molecular weight excluding hydrogens is 170 g/mol. The van der Waals surface area contributed by atoms with Crippen molar-refractivity contribution in [1.29, 1.82) is 0 Å². The maximum atomic E-state index is 10.2. The van der Waals surface area contributed by atoms with Crippen molar-refractivity contribution in [2.75, 3.05) is 13.2 Å². The van der Waals surface area contributed by atoms with Gasteiger partial charge in [0.25, 0.3) is 0 Å². The van der Waals surface area contributed by atoms with E-state index in [-0.39, 0.29) is 5.97 Å². The van der Waals surface area contributed by atoms with Gasteiger partial charge in [0.1, 0.15) is 6.29 Å². The third-order valence-corrected chi connectivity index (χ3v) is 1.12. The van der Waals surface area contributed by atoms with E-state index in [0.717, 1.165) is 12.7 Å². The second-order valence-electron chi connectivity index (χ2n) is 2.26. The van der Waals surface area contributed by atoms with Crippen molar-refractivity contribution in [3.05, 3.63) is 0 Å². The van der Waals surface area contributed by atoms with E-state index in [9.17, 15) is 9.59 Å². The Morgan fingerprint density at radius 1 is 1.46 bits per heavy atom. The van der Waals surface area contributed by atoms with Crippen molar-refractivity contribution in [2.24, 2.45) is 5.73 Å². The number of unbranched alkanes of at least 4 members (excludes halogenated alkanes) is 1. The molecule has 0 fully saturated rings. The Morgan fingerprint density at radius 2 is 2.08 bits per heavy atom. The SMILES string of the molecule is CCOC(=O)CC.NCCCC=O. The summed E-state index contributed by atoms with van der Waals surface area (Å²) in [6.45, 7) is 4.69. The Bertz CT molecular complexity index is 126. The van der Waals surface area contributed by atoms with E-state index >= 15 is 0 Å². The normalized spacial score (nSPS) is 8.23. The first kappa shape index (κ1) is 14.6. The Hall–Kier alpha value is -0.900. The number of hydrogen-bond donors (Lipinski definition) is 1. The van der Waals surface area contributed by atoms with E-state index in [1.165, 1.54) is 0 Å². The molecule has 0 atom stereocenters. The van der Waals surface area contributed by atoms with Crippen LogP contribution in [0.5, 0.6) is 0 Å². The van der Waals surface area contributed by atoms with Crippen LogP contribution in [0.4, 0.5) is 0 Å². The van der Waals surface area contributed by atoms with Gasteiger partial charge in [0.15, 0.2) is 0 Å². The highest BCUT2D eigenvalue weighted by Gasteiger charge is 1.91. The highest BCUT2D eigenvalue weighted by atomic mass is 16.5. The minimum Gasteiger partial charge on any atom is -0.466 e. The lowest BCUT2D eigenvalue weighted by Crippen LogP contribution is -2.00. The van der Waals surface area contributed by atoms with Gasteiger partial charge >= 0.3 is 5.97 Å². The molecule has 4 nitrogen and oxygen atoms in total. The fourth-order valence-electron chi connectivity index (χ4n) is 0.464. The molecule has 0 bridgehead atoms. The van der Waals surface area contributed by atoms with Crippen LogP contribution in [0.1, 0.15) is 33.1 Å². The predicted molar refractivity (Wildman–Crippen MR) is 51.3 cm³/mol. The molecule has 0 aromatic rings. The van der Waals surface area contributed by atoms with Gasteiger partial charge in [0.05, 0.1) is 6.61 Å². The second kappa shape index (κ2) is 13.7. The fourth-order valence-corrected chi connectivity index (χ4v) is 0.464. The Kier molecular flexibility index (Phi) is 15.4. The van der Waals surface area contributed by atoms with Crippen LogP contribution in [-0.2, 0) is 14.3 Å². The third kappa shape index (κ3) is 18.2. The summed E-state index contributed by atoms with van der Waals surface area (Å²) in [6, 6.07) is 0. The van der Waals surface area contributed by atoms with Crippen LogP contribution < -0.4 is 5.73 Å². The summed E-state index contributed by atoms with van der Waals surface area (Å²) < 4.78 is 4.55. The number of esters is 1. The molecular formula is C9H19NO3. The number of ether oxygens (including phenoxy) is 1. The van der Waals surface area contributed by atoms with E-state index in [1.54, 1.807) is 13.8 Å². The van der Waals surface area contributed by atoms with Crippen molar-refractivity contribution >= 4 is 12.3 Å². The summed E-state index contributed by atoms with van der Waals surface area (Å²) in [4.78, 5) is 19.7. The van der Waals surface area contributed by atoms with Gasteiger partial charge in [-0.1, -0.05) is 6.92 Å². The summed E-state index contributed by atoms with van der Waals surface area (Å²) in [5.41, 5.74) is 5.06. The van der Waals surface area contributed by atoms with Gasteiger partial charge in [-0.25, -0.2) is 0 Å². The van der Waals surface area contributed by atoms with Gasteiger partial charge in [0.2, 0.25) is 0 Å². The average Bonchev–Trinajstić information content (AvgIpc) is 2.16. The largest absolute Gasteiger partial charge is 0.466 e. The van der Waals surface area contributed by atoms with E-state index in [2.05, 4.69) is 4.74 Å². The standard InChI is InChI=1S/C5H10O2.C4H9NO/c1-3-5(6)7-4-2;5-3-1-2-4-6/h3-4H2,1-2H3;4H,1-3,5H2. The van der Waals surface area contributed by atoms with E-state index in [4.69, 9.17) is 5.73 Å². The topological polar surface area (TPSA) is 69.4 Å². The first-order chi connectivity index (χ1) is 6.22. The molecule has 0 aliphatic heterocycles. The van der Waals surface area contributed by atoms with Crippen LogP contribution in [0.2, 0.25) is 0 Å². The van der Waals surface area contributed by atoms with Crippen molar-refractivity contribution in [3.8, 4) is 0 Å². The summed E-state index contributed by atoms with van der Waals surface area (Å²) >= 11 is 0. The third-order valence-electron chi connectivity index (χ3n) is 1.12. The molecule has 0 saturated carbocycles. The van der Waals surface area contributed by atoms with Crippen LogP contribution in [0.3, 0.4) is 0 Å². The van der Waals surface area contributed by atoms with Gasteiger partial charge in [-0.05, 0) is 19.9 Å². The molecule has 0 aromatic heterocycles. The molecule has 0 spiro atoms. The van der Waals surface area contributed by atoms with Crippen LogP contribution >= 0.6 is 0 Å². The van der Waals surface area contributed by atoms with Gasteiger partial charge < -0.3 is 15.3 Å². The highest BCUT2D eigenvalue weighted by Crippen LogP contribution is 1.80. The molecule has 0 saturated heterocycles. The second-order valence-corrected chi connectivity index (χ2v) is 2.26. The number of carbonyl (C=O) groups excluding carboxylic acids is 2. The zero-order valence-electron chi connectivity index (χ0n) is 8.41. The molecule has 0 rings (SSSR count). The molecule has 78 valence electrons. The molecule has 4 heteroatoms. The van der Waals surface area contributed by atoms with Crippen LogP contribution in [0.15, 0.2) is 0 Å². The maximum Gasteiger partial charge on any atom is 0.305 e. The zero-order chi connectivity index (χ0) is 10.5. The highest BCUT2D eigenvalue weighted by molar-refractivity contribution is 5.68. The first-order valence-corrected chi connectivity index (χ1v) is 4.52. The van der Waals surface area contributed by atoms with E-state index in [1.807, 2.05) is 0 Å². The molecule has 0 radical (unpaired) electrons. The van der Waals surface area contributed by atoms with Crippen LogP contribution in [0.25, 0.3) is 0 Å². The predicted octanol–water partition coefficient (Wildman–Crippen LogP) is 0.884. The summed E-state index contributed by atoms with van der Waals surface area (Å²) in [5.74, 6) is -0.123. The Labute approximate surface area is 79.4 Å². The number of hydrogen-bond acceptors (Lipinski definition) is 4. The first-order valence-electron chi connectivity index (χ1n) is 4.52. The minimum absolute atomic E-state index is 0.123. The monoisotopic (exact) mass is 189 g/mol. The van der Waals surface area contributed by atoms with Crippen molar-refractivity contribution in [1.82, 2.24) is 0 Å². The summed E-state index contributed by atoms with van der Waals surface area (Å²) in [7, 11) is 0. The molecule has 0 amide bonds. The molecule has 0 aliphatic carbocycles. The van der Waals surface area contributed by atoms with Gasteiger partial charge in [-0.2, -0.15) is 0 Å². The molecule has 13 heavy (non-hydrogen) atoms. The smallest absolute Gasteiger partial charge is 0.305 e. The van der Waals surface area contributed by atoms with Gasteiger partial charge in [-0.15, -0.1) is 0 Å². The van der Waals surface area contributed by atoms with Crippen molar-refractivity contribution < 1.29 is 14.3 Å². The molecule has 2 N–H and O–H groups in total. The summed E-state index contributed by atoms with van der Waals surface area (Å²) in [6.07, 6.45) is 2.79. The number of nitrogens with two attached hydrogens (primary N) is 1. The van der Waals surface area contributed by atoms with Gasteiger partial charge in [-0.3, -0.25) is 4.79 Å². The minimum atomic E-state index is -0.123. The Morgan fingerprint density at radius 3 is 2.23 bits per heavy atom. The lowest BCUT2D eigenvalue weighted by Gasteiger charge is -1.93. The molecule has 0 aliphatic rings. The summed E-state index contributed by atoms with van der Waals surface area (Å²) in [5, 5.41) is 0. The lowest BCUT2D eigenvalue weighted by molar-refractivity contribution is -0.142. The average molecular weight is 189 g/mol. The maximum absolute atomic E-state index is 10.2. The number of carbonyl (C=O) groups is 2. The molecule has 0 heterocycles. The number of rotatable bonds is 5. The van der Waals surface area contributed by atoms with Crippen LogP contribution in [-0.4, -0.2) is 25.4 Å². The van der Waals surface area contributed by atoms with Crippen molar-refractivity contribution in [3.63, 3.8) is 0 Å². The van der Waals surface area contributed by atoms with Crippen LogP contribution in [0, 0.1) is 0 Å². The van der Waals surface area contributed by atoms with E-state index in [0.29, 0.717) is 26.0 Å². The number of aldehydes is 1. The molecule has 0 unspecified atom stereocenters. The Balaban J connectivity index is 0. The zero-order valence-corrected chi connectivity index (χ0v) is 8.41. The quantitative estimate of drug-likeness (QED) is 0.396. The van der Waals surface area contributed by atoms with Gasteiger partial charge in [0, 0.05) is 12.8 Å².